The molecule has 1 aliphatic rings. The molecule has 2 rings (SSSR count). The molecular weight excluding hydrogens is 224 g/mol. The number of rotatable bonds is 3. The molecule has 0 spiro atoms. The average molecular weight is 246 g/mol. The molecule has 1 amide bonds. The number of likely N-dealkylation sites (tertiary alicyclic amines) is 1. The monoisotopic (exact) mass is 246 g/mol. The summed E-state index contributed by atoms with van der Waals surface area (Å²) in [6.45, 7) is 3.82. The van der Waals surface area contributed by atoms with Gasteiger partial charge in [0, 0.05) is 19.1 Å². The summed E-state index contributed by atoms with van der Waals surface area (Å²) in [4.78, 5) is 14.2. The van der Waals surface area contributed by atoms with Crippen LogP contribution in [0.2, 0.25) is 0 Å². The molecular formula is C15H22N2O. The summed E-state index contributed by atoms with van der Waals surface area (Å²) in [7, 11) is 1.97. The molecule has 0 radical (unpaired) electrons. The van der Waals surface area contributed by atoms with Gasteiger partial charge < -0.3 is 10.2 Å². The number of nitrogens with zero attached hydrogens (tertiary/aromatic N) is 1. The molecule has 1 fully saturated rings. The van der Waals surface area contributed by atoms with Crippen molar-refractivity contribution in [1.82, 2.24) is 10.2 Å². The largest absolute Gasteiger partial charge is 0.341 e. The number of hydrogen-bond acceptors (Lipinski definition) is 2. The van der Waals surface area contributed by atoms with E-state index in [9.17, 15) is 4.79 Å². The topological polar surface area (TPSA) is 32.3 Å². The van der Waals surface area contributed by atoms with Gasteiger partial charge in [-0.15, -0.1) is 0 Å². The third-order valence-electron chi connectivity index (χ3n) is 3.62. The van der Waals surface area contributed by atoms with Crippen molar-refractivity contribution in [2.75, 3.05) is 20.1 Å². The van der Waals surface area contributed by atoms with E-state index < -0.39 is 0 Å². The van der Waals surface area contributed by atoms with E-state index in [4.69, 9.17) is 0 Å². The third kappa shape index (κ3) is 3.33. The Labute approximate surface area is 109 Å². The highest BCUT2D eigenvalue weighted by molar-refractivity contribution is 5.79. The van der Waals surface area contributed by atoms with Crippen molar-refractivity contribution < 1.29 is 4.79 Å². The first-order valence-electron chi connectivity index (χ1n) is 6.69. The van der Waals surface area contributed by atoms with E-state index in [1.54, 1.807) is 0 Å². The molecule has 0 saturated carbocycles. The second kappa shape index (κ2) is 6.01. The van der Waals surface area contributed by atoms with Crippen molar-refractivity contribution in [3.8, 4) is 0 Å². The average Bonchev–Trinajstić information content (AvgIpc) is 2.39. The van der Waals surface area contributed by atoms with Gasteiger partial charge in [-0.3, -0.25) is 4.79 Å². The van der Waals surface area contributed by atoms with Crippen molar-refractivity contribution in [2.45, 2.75) is 32.2 Å². The van der Waals surface area contributed by atoms with Crippen LogP contribution in [0.3, 0.4) is 0 Å². The zero-order valence-corrected chi connectivity index (χ0v) is 11.3. The highest BCUT2D eigenvalue weighted by Crippen LogP contribution is 2.12. The SMILES string of the molecule is CNC1CCCN(C(=O)Cc2cccc(C)c2)C1. The summed E-state index contributed by atoms with van der Waals surface area (Å²) >= 11 is 0. The first kappa shape index (κ1) is 13.1. The van der Waals surface area contributed by atoms with Gasteiger partial charge in [-0.2, -0.15) is 0 Å². The summed E-state index contributed by atoms with van der Waals surface area (Å²) in [5.41, 5.74) is 2.33. The fraction of sp³-hybridized carbons (Fsp3) is 0.533. The summed E-state index contributed by atoms with van der Waals surface area (Å²) in [5, 5.41) is 3.27. The number of nitrogens with one attached hydrogen (secondary N) is 1. The predicted octanol–water partition coefficient (Wildman–Crippen LogP) is 1.75. The van der Waals surface area contributed by atoms with E-state index in [1.807, 2.05) is 24.1 Å². The maximum absolute atomic E-state index is 12.2. The van der Waals surface area contributed by atoms with Crippen LogP contribution in [-0.4, -0.2) is 37.0 Å². The molecule has 18 heavy (non-hydrogen) atoms. The molecule has 3 heteroatoms. The number of piperidine rings is 1. The van der Waals surface area contributed by atoms with E-state index in [0.717, 1.165) is 25.1 Å². The van der Waals surface area contributed by atoms with Gasteiger partial charge >= 0.3 is 0 Å². The van der Waals surface area contributed by atoms with Gasteiger partial charge in [0.2, 0.25) is 5.91 Å². The molecule has 1 saturated heterocycles. The molecule has 0 bridgehead atoms. The van der Waals surface area contributed by atoms with Crippen molar-refractivity contribution in [2.24, 2.45) is 0 Å². The molecule has 98 valence electrons. The minimum Gasteiger partial charge on any atom is -0.341 e. The Kier molecular flexibility index (Phi) is 4.37. The quantitative estimate of drug-likeness (QED) is 0.881. The molecule has 3 nitrogen and oxygen atoms in total. The number of carbonyl (C=O) groups excluding carboxylic acids is 1. The number of benzene rings is 1. The van der Waals surface area contributed by atoms with Gasteiger partial charge in [0.15, 0.2) is 0 Å². The lowest BCUT2D eigenvalue weighted by Gasteiger charge is -2.32. The minimum absolute atomic E-state index is 0.251. The third-order valence-corrected chi connectivity index (χ3v) is 3.62. The van der Waals surface area contributed by atoms with Gasteiger partial charge in [-0.1, -0.05) is 29.8 Å². The standard InChI is InChI=1S/C15H22N2O/c1-12-5-3-6-13(9-12)10-15(18)17-8-4-7-14(11-17)16-2/h3,5-6,9,14,16H,4,7-8,10-11H2,1-2H3. The second-order valence-corrected chi connectivity index (χ2v) is 5.13. The van der Waals surface area contributed by atoms with Gasteiger partial charge in [0.25, 0.3) is 0 Å². The maximum atomic E-state index is 12.2. The van der Waals surface area contributed by atoms with Crippen LogP contribution in [0.1, 0.15) is 24.0 Å². The van der Waals surface area contributed by atoms with E-state index >= 15 is 0 Å². The zero-order valence-electron chi connectivity index (χ0n) is 11.3. The lowest BCUT2D eigenvalue weighted by atomic mass is 10.0. The van der Waals surface area contributed by atoms with Gasteiger partial charge in [-0.05, 0) is 32.4 Å². The number of carbonyl (C=O) groups is 1. The molecule has 1 unspecified atom stereocenters. The Hall–Kier alpha value is -1.35. The van der Waals surface area contributed by atoms with E-state index in [0.29, 0.717) is 12.5 Å². The smallest absolute Gasteiger partial charge is 0.227 e. The van der Waals surface area contributed by atoms with Crippen molar-refractivity contribution in [3.63, 3.8) is 0 Å². The van der Waals surface area contributed by atoms with E-state index in [-0.39, 0.29) is 5.91 Å². The van der Waals surface area contributed by atoms with E-state index in [1.165, 1.54) is 12.0 Å². The van der Waals surface area contributed by atoms with Crippen LogP contribution in [0.15, 0.2) is 24.3 Å². The molecule has 0 aromatic heterocycles. The Bertz CT molecular complexity index is 417. The molecule has 1 N–H and O–H groups in total. The van der Waals surface area contributed by atoms with Crippen molar-refractivity contribution in [3.05, 3.63) is 35.4 Å². The predicted molar refractivity (Wildman–Crippen MR) is 73.5 cm³/mol. The maximum Gasteiger partial charge on any atom is 0.227 e. The van der Waals surface area contributed by atoms with Crippen molar-refractivity contribution >= 4 is 5.91 Å². The fourth-order valence-corrected chi connectivity index (χ4v) is 2.55. The lowest BCUT2D eigenvalue weighted by molar-refractivity contribution is -0.131. The van der Waals surface area contributed by atoms with Crippen LogP contribution >= 0.6 is 0 Å². The Morgan fingerprint density at radius 1 is 1.50 bits per heavy atom. The van der Waals surface area contributed by atoms with Crippen LogP contribution in [0.25, 0.3) is 0 Å². The van der Waals surface area contributed by atoms with Gasteiger partial charge in [0.05, 0.1) is 6.42 Å². The highest BCUT2D eigenvalue weighted by atomic mass is 16.2. The van der Waals surface area contributed by atoms with Crippen LogP contribution in [0.4, 0.5) is 0 Å². The van der Waals surface area contributed by atoms with E-state index in [2.05, 4.69) is 24.4 Å². The van der Waals surface area contributed by atoms with Crippen LogP contribution in [0, 0.1) is 6.92 Å². The summed E-state index contributed by atoms with van der Waals surface area (Å²) in [6.07, 6.45) is 2.80. The van der Waals surface area contributed by atoms with Crippen LogP contribution in [-0.2, 0) is 11.2 Å². The Morgan fingerprint density at radius 2 is 2.33 bits per heavy atom. The van der Waals surface area contributed by atoms with Gasteiger partial charge in [-0.25, -0.2) is 0 Å². The van der Waals surface area contributed by atoms with Crippen LogP contribution < -0.4 is 5.32 Å². The number of likely N-dealkylation sites (N-methyl/N-ethyl adjacent to an activating group) is 1. The zero-order chi connectivity index (χ0) is 13.0. The van der Waals surface area contributed by atoms with Gasteiger partial charge in [0.1, 0.15) is 0 Å². The summed E-state index contributed by atoms with van der Waals surface area (Å²) < 4.78 is 0. The minimum atomic E-state index is 0.251. The molecule has 1 heterocycles. The normalized spacial score (nSPS) is 19.9. The number of aryl methyl sites for hydroxylation is 1. The second-order valence-electron chi connectivity index (χ2n) is 5.13. The lowest BCUT2D eigenvalue weighted by Crippen LogP contribution is -2.47. The van der Waals surface area contributed by atoms with Crippen LogP contribution in [0.5, 0.6) is 0 Å². The Balaban J connectivity index is 1.95. The Morgan fingerprint density at radius 3 is 3.06 bits per heavy atom. The molecule has 1 atom stereocenters. The first-order valence-corrected chi connectivity index (χ1v) is 6.69. The molecule has 1 aliphatic heterocycles. The first-order chi connectivity index (χ1) is 8.69. The summed E-state index contributed by atoms with van der Waals surface area (Å²) in [6, 6.07) is 8.67. The molecule has 1 aromatic carbocycles. The molecule has 1 aromatic rings. The van der Waals surface area contributed by atoms with Crippen molar-refractivity contribution in [1.29, 1.82) is 0 Å². The molecule has 0 aliphatic carbocycles. The number of hydrogen-bond donors (Lipinski definition) is 1. The number of amides is 1. The summed E-state index contributed by atoms with van der Waals surface area (Å²) in [5.74, 6) is 0.251. The highest BCUT2D eigenvalue weighted by Gasteiger charge is 2.22. The fourth-order valence-electron chi connectivity index (χ4n) is 2.55.